The van der Waals surface area contributed by atoms with Crippen LogP contribution < -0.4 is 4.74 Å². The van der Waals surface area contributed by atoms with Gasteiger partial charge in [-0.15, -0.1) is 5.10 Å². The average molecular weight is 247 g/mol. The normalized spacial score (nSPS) is 9.47. The molecule has 8 heteroatoms. The van der Waals surface area contributed by atoms with Crippen molar-refractivity contribution in [3.63, 3.8) is 0 Å². The summed E-state index contributed by atoms with van der Waals surface area (Å²) in [5.41, 5.74) is -0.329. The Bertz CT molecular complexity index is 514. The van der Waals surface area contributed by atoms with Crippen LogP contribution >= 0.6 is 0 Å². The van der Waals surface area contributed by atoms with Crippen molar-refractivity contribution in [1.82, 2.24) is 15.4 Å². The number of nitrogens with zero attached hydrogens (tertiary/aromatic N) is 2. The average Bonchev–Trinajstić information content (AvgIpc) is 2.69. The number of hydrogen-bond donors (Lipinski definition) is 2. The molecule has 0 aliphatic heterocycles. The van der Waals surface area contributed by atoms with Crippen LogP contribution in [-0.2, 0) is 0 Å². The van der Waals surface area contributed by atoms with Gasteiger partial charge in [-0.25, -0.2) is 14.3 Å². The van der Waals surface area contributed by atoms with Crippen LogP contribution in [0.2, 0.25) is 0 Å². The Morgan fingerprint density at radius 1 is 1.35 bits per heavy atom. The summed E-state index contributed by atoms with van der Waals surface area (Å²) < 4.78 is 17.7. The molecule has 0 aliphatic rings. The van der Waals surface area contributed by atoms with Gasteiger partial charge in [0.05, 0.1) is 0 Å². The Labute approximate surface area is 117 Å². The maximum atomic E-state index is 12.6. The van der Waals surface area contributed by atoms with E-state index in [0.717, 1.165) is 0 Å². The van der Waals surface area contributed by atoms with Crippen LogP contribution in [-0.4, -0.2) is 56.0 Å². The van der Waals surface area contributed by atoms with E-state index in [-0.39, 0.29) is 46.9 Å². The molecular formula is C9H7FN3NaO3. The molecule has 0 aliphatic carbocycles. The van der Waals surface area contributed by atoms with E-state index < -0.39 is 11.8 Å². The number of hydrogen-bond acceptors (Lipinski definition) is 4. The van der Waals surface area contributed by atoms with Gasteiger partial charge in [-0.05, 0) is 24.3 Å². The first kappa shape index (κ1) is 13.6. The zero-order chi connectivity index (χ0) is 11.5. The van der Waals surface area contributed by atoms with Crippen molar-refractivity contribution in [2.45, 2.75) is 0 Å². The van der Waals surface area contributed by atoms with Gasteiger partial charge in [0.1, 0.15) is 11.6 Å². The van der Waals surface area contributed by atoms with Crippen LogP contribution in [0.5, 0.6) is 11.6 Å². The molecule has 0 bridgehead atoms. The first-order valence-corrected chi connectivity index (χ1v) is 4.24. The first-order valence-electron chi connectivity index (χ1n) is 4.24. The summed E-state index contributed by atoms with van der Waals surface area (Å²) in [6.07, 6.45) is 0. The standard InChI is InChI=1S/C9H6FN3O3.Na.H/c10-5-1-3-6(4-2-5)16-8-7(9(14)15)11-13-12-8;;/h1-4H,(H,14,15)(H,11,12,13);;. The van der Waals surface area contributed by atoms with Crippen LogP contribution in [0.15, 0.2) is 24.3 Å². The monoisotopic (exact) mass is 247 g/mol. The number of aromatic carboxylic acids is 1. The maximum absolute atomic E-state index is 12.6. The summed E-state index contributed by atoms with van der Waals surface area (Å²) in [7, 11) is 0. The predicted molar refractivity (Wildman–Crippen MR) is 57.0 cm³/mol. The quantitative estimate of drug-likeness (QED) is 0.782. The SMILES string of the molecule is O=C(O)c1nn[nH]c1Oc1ccc(F)cc1.[NaH]. The number of carboxylic acid groups (broad SMARTS) is 1. The molecule has 0 unspecified atom stereocenters. The Hall–Kier alpha value is -1.44. The number of carbonyl (C=O) groups is 1. The summed E-state index contributed by atoms with van der Waals surface area (Å²) in [6, 6.07) is 5.11. The van der Waals surface area contributed by atoms with Gasteiger partial charge >= 0.3 is 35.5 Å². The molecule has 0 saturated heterocycles. The number of rotatable bonds is 3. The van der Waals surface area contributed by atoms with Gasteiger partial charge in [-0.1, -0.05) is 5.21 Å². The number of carboxylic acids is 1. The van der Waals surface area contributed by atoms with E-state index >= 15 is 0 Å². The van der Waals surface area contributed by atoms with Gasteiger partial charge in [0.25, 0.3) is 5.88 Å². The summed E-state index contributed by atoms with van der Waals surface area (Å²) in [5, 5.41) is 17.6. The summed E-state index contributed by atoms with van der Waals surface area (Å²) in [4.78, 5) is 10.7. The summed E-state index contributed by atoms with van der Waals surface area (Å²) >= 11 is 0. The molecule has 2 aromatic rings. The molecule has 2 N–H and O–H groups in total. The summed E-state index contributed by atoms with van der Waals surface area (Å²) in [5.74, 6) is -1.48. The van der Waals surface area contributed by atoms with Crippen molar-refractivity contribution in [1.29, 1.82) is 0 Å². The molecule has 0 radical (unpaired) electrons. The van der Waals surface area contributed by atoms with E-state index in [0.29, 0.717) is 0 Å². The molecule has 1 aromatic heterocycles. The Balaban J connectivity index is 0.00000144. The van der Waals surface area contributed by atoms with E-state index in [4.69, 9.17) is 9.84 Å². The van der Waals surface area contributed by atoms with Crippen molar-refractivity contribution in [2.24, 2.45) is 0 Å². The number of aromatic nitrogens is 3. The molecule has 0 fully saturated rings. The van der Waals surface area contributed by atoms with Crippen LogP contribution in [0.4, 0.5) is 4.39 Å². The van der Waals surface area contributed by atoms with E-state index in [1.165, 1.54) is 24.3 Å². The van der Waals surface area contributed by atoms with E-state index in [9.17, 15) is 9.18 Å². The molecule has 0 spiro atoms. The number of halogens is 1. The minimum atomic E-state index is -1.26. The fourth-order valence-corrected chi connectivity index (χ4v) is 1.05. The predicted octanol–water partition coefficient (Wildman–Crippen LogP) is 0.786. The Kier molecular flexibility index (Phi) is 4.62. The van der Waals surface area contributed by atoms with Gasteiger partial charge in [-0.2, -0.15) is 0 Å². The molecule has 1 heterocycles. The van der Waals surface area contributed by atoms with Crippen LogP contribution in [0.1, 0.15) is 10.5 Å². The molecule has 17 heavy (non-hydrogen) atoms. The van der Waals surface area contributed by atoms with Gasteiger partial charge < -0.3 is 9.84 Å². The fraction of sp³-hybridized carbons (Fsp3) is 0. The fourth-order valence-electron chi connectivity index (χ4n) is 1.05. The zero-order valence-electron chi connectivity index (χ0n) is 7.85. The van der Waals surface area contributed by atoms with E-state index in [1.54, 1.807) is 0 Å². The number of nitrogens with one attached hydrogen (secondary N) is 1. The molecular weight excluding hydrogens is 240 g/mol. The molecule has 0 amide bonds. The molecule has 0 atom stereocenters. The second-order valence-corrected chi connectivity index (χ2v) is 2.85. The summed E-state index contributed by atoms with van der Waals surface area (Å²) in [6.45, 7) is 0. The molecule has 0 saturated carbocycles. The Morgan fingerprint density at radius 3 is 2.59 bits per heavy atom. The third-order valence-electron chi connectivity index (χ3n) is 1.75. The molecule has 2 rings (SSSR count). The minimum absolute atomic E-state index is 0. The van der Waals surface area contributed by atoms with Crippen LogP contribution in [0, 0.1) is 5.82 Å². The van der Waals surface area contributed by atoms with E-state index in [1.807, 2.05) is 0 Å². The third-order valence-corrected chi connectivity index (χ3v) is 1.75. The van der Waals surface area contributed by atoms with E-state index in [2.05, 4.69) is 15.4 Å². The molecule has 84 valence electrons. The third kappa shape index (κ3) is 3.26. The van der Waals surface area contributed by atoms with Crippen molar-refractivity contribution in [3.8, 4) is 11.6 Å². The van der Waals surface area contributed by atoms with Gasteiger partial charge in [-0.3, -0.25) is 0 Å². The number of aromatic amines is 1. The van der Waals surface area contributed by atoms with Gasteiger partial charge in [0.15, 0.2) is 0 Å². The number of H-pyrrole nitrogens is 1. The van der Waals surface area contributed by atoms with Gasteiger partial charge in [0, 0.05) is 0 Å². The van der Waals surface area contributed by atoms with Crippen LogP contribution in [0.3, 0.4) is 0 Å². The zero-order valence-corrected chi connectivity index (χ0v) is 7.85. The van der Waals surface area contributed by atoms with Gasteiger partial charge in [0.2, 0.25) is 5.69 Å². The van der Waals surface area contributed by atoms with Crippen LogP contribution in [0.25, 0.3) is 0 Å². The number of ether oxygens (including phenoxy) is 1. The second-order valence-electron chi connectivity index (χ2n) is 2.85. The van der Waals surface area contributed by atoms with Crippen molar-refractivity contribution in [2.75, 3.05) is 0 Å². The Morgan fingerprint density at radius 2 is 2.00 bits per heavy atom. The van der Waals surface area contributed by atoms with Crippen molar-refractivity contribution < 1.29 is 19.0 Å². The molecule has 1 aromatic carbocycles. The van der Waals surface area contributed by atoms with Crippen molar-refractivity contribution >= 4 is 35.5 Å². The second kappa shape index (κ2) is 5.76. The number of benzene rings is 1. The first-order chi connectivity index (χ1) is 7.66. The van der Waals surface area contributed by atoms with Crippen molar-refractivity contribution in [3.05, 3.63) is 35.8 Å². The molecule has 6 nitrogen and oxygen atoms in total. The topological polar surface area (TPSA) is 88.1 Å².